The molecule has 3 aromatic heterocycles. The molecule has 5 nitrogen and oxygen atoms in total. The normalized spacial score (nSPS) is 11.0. The minimum Gasteiger partial charge on any atom is -0.340 e. The van der Waals surface area contributed by atoms with E-state index in [0.29, 0.717) is 11.9 Å². The second-order valence-electron chi connectivity index (χ2n) is 7.11. The lowest BCUT2D eigenvalue weighted by atomic mass is 10.0. The number of pyridine rings is 3. The maximum atomic E-state index is 13.3. The maximum Gasteiger partial charge on any atom is 0.216 e. The lowest BCUT2D eigenvalue weighted by Gasteiger charge is -2.13. The summed E-state index contributed by atoms with van der Waals surface area (Å²) in [6.07, 6.45) is 2.35. The Hall–Kier alpha value is -3.12. The molecule has 4 aromatic rings. The third-order valence-corrected chi connectivity index (χ3v) is 5.55. The lowest BCUT2D eigenvalue weighted by molar-refractivity contribution is 0.103. The molecule has 0 aliphatic carbocycles. The van der Waals surface area contributed by atoms with Crippen LogP contribution in [0.25, 0.3) is 10.9 Å². The van der Waals surface area contributed by atoms with Crippen molar-refractivity contribution in [2.24, 2.45) is 0 Å². The van der Waals surface area contributed by atoms with Crippen LogP contribution in [0.15, 0.2) is 70.2 Å². The van der Waals surface area contributed by atoms with E-state index >= 15 is 0 Å². The highest BCUT2D eigenvalue weighted by Crippen LogP contribution is 2.17. The highest BCUT2D eigenvalue weighted by Gasteiger charge is 2.19. The van der Waals surface area contributed by atoms with E-state index in [4.69, 9.17) is 0 Å². The third kappa shape index (κ3) is 3.83. The van der Waals surface area contributed by atoms with Gasteiger partial charge in [0, 0.05) is 17.3 Å². The van der Waals surface area contributed by atoms with E-state index in [0.717, 1.165) is 33.5 Å². The Labute approximate surface area is 182 Å². The Morgan fingerprint density at radius 3 is 2.60 bits per heavy atom. The van der Waals surface area contributed by atoms with Crippen molar-refractivity contribution in [2.45, 2.75) is 26.8 Å². The van der Waals surface area contributed by atoms with Crippen LogP contribution in [-0.4, -0.2) is 20.3 Å². The number of hydrogen-bond donors (Lipinski definition) is 0. The molecule has 0 saturated carbocycles. The minimum atomic E-state index is -0.364. The summed E-state index contributed by atoms with van der Waals surface area (Å²) < 4.78 is 2.63. The highest BCUT2D eigenvalue weighted by atomic mass is 79.9. The summed E-state index contributed by atoms with van der Waals surface area (Å²) in [7, 11) is 0. The first-order valence-electron chi connectivity index (χ1n) is 9.72. The molecular weight excluding hydrogens is 442 g/mol. The quantitative estimate of drug-likeness (QED) is 0.319. The van der Waals surface area contributed by atoms with E-state index in [-0.39, 0.29) is 22.5 Å². The van der Waals surface area contributed by atoms with Crippen LogP contribution in [0.1, 0.15) is 39.9 Å². The van der Waals surface area contributed by atoms with Gasteiger partial charge in [-0.3, -0.25) is 9.59 Å². The van der Waals surface area contributed by atoms with Crippen molar-refractivity contribution in [3.63, 3.8) is 0 Å². The molecule has 0 amide bonds. The van der Waals surface area contributed by atoms with Crippen molar-refractivity contribution >= 4 is 32.6 Å². The predicted octanol–water partition coefficient (Wildman–Crippen LogP) is 4.70. The van der Waals surface area contributed by atoms with Gasteiger partial charge in [-0.25, -0.2) is 9.97 Å². The Morgan fingerprint density at radius 2 is 1.83 bits per heavy atom. The summed E-state index contributed by atoms with van der Waals surface area (Å²) in [6, 6.07) is 16.6. The van der Waals surface area contributed by atoms with Crippen molar-refractivity contribution in [2.75, 3.05) is 0 Å². The predicted molar refractivity (Wildman–Crippen MR) is 121 cm³/mol. The summed E-state index contributed by atoms with van der Waals surface area (Å²) in [6.45, 7) is 4.40. The standard InChI is InChI=1S/C24H20BrN3O2/c1-3-19-15(2)11-12-20(27-19)24(30)18-14-28(13-16-7-6-10-22(25)26-16)21-9-5-4-8-17(21)23(18)29/h4-12,14H,3,13H2,1-2H3. The second-order valence-corrected chi connectivity index (χ2v) is 7.92. The monoisotopic (exact) mass is 461 g/mol. The van der Waals surface area contributed by atoms with Crippen molar-refractivity contribution in [1.82, 2.24) is 14.5 Å². The van der Waals surface area contributed by atoms with E-state index in [9.17, 15) is 9.59 Å². The molecule has 0 unspecified atom stereocenters. The summed E-state index contributed by atoms with van der Waals surface area (Å²) in [4.78, 5) is 35.4. The molecule has 0 N–H and O–H groups in total. The topological polar surface area (TPSA) is 64.8 Å². The fourth-order valence-corrected chi connectivity index (χ4v) is 3.92. The maximum absolute atomic E-state index is 13.3. The molecule has 4 rings (SSSR count). The summed E-state index contributed by atoms with van der Waals surface area (Å²) in [5.41, 5.74) is 3.59. The second kappa shape index (κ2) is 8.32. The number of ketones is 1. The van der Waals surface area contributed by atoms with Gasteiger partial charge in [0.15, 0.2) is 0 Å². The first-order chi connectivity index (χ1) is 14.5. The van der Waals surface area contributed by atoms with E-state index in [1.165, 1.54) is 0 Å². The zero-order chi connectivity index (χ0) is 21.3. The number of halogens is 1. The number of carbonyl (C=O) groups excluding carboxylic acids is 1. The average Bonchev–Trinajstić information content (AvgIpc) is 2.76. The molecule has 30 heavy (non-hydrogen) atoms. The van der Waals surface area contributed by atoms with Crippen LogP contribution in [0.4, 0.5) is 0 Å². The third-order valence-electron chi connectivity index (χ3n) is 5.11. The van der Waals surface area contributed by atoms with Crippen LogP contribution in [0, 0.1) is 6.92 Å². The molecule has 0 aliphatic heterocycles. The first kappa shape index (κ1) is 20.2. The van der Waals surface area contributed by atoms with Crippen molar-refractivity contribution in [3.05, 3.63) is 104 Å². The minimum absolute atomic E-state index is 0.113. The summed E-state index contributed by atoms with van der Waals surface area (Å²) in [5.74, 6) is -0.364. The molecule has 6 heteroatoms. The van der Waals surface area contributed by atoms with Crippen LogP contribution in [0.2, 0.25) is 0 Å². The molecule has 150 valence electrons. The fraction of sp³-hybridized carbons (Fsp3) is 0.167. The SMILES string of the molecule is CCc1nc(C(=O)c2cn(Cc3cccc(Br)n3)c3ccccc3c2=O)ccc1C. The molecule has 1 aromatic carbocycles. The number of benzene rings is 1. The van der Waals surface area contributed by atoms with Crippen LogP contribution in [-0.2, 0) is 13.0 Å². The lowest BCUT2D eigenvalue weighted by Crippen LogP contribution is -2.21. The Balaban J connectivity index is 1.87. The fourth-order valence-electron chi connectivity index (χ4n) is 3.54. The van der Waals surface area contributed by atoms with Crippen LogP contribution in [0.5, 0.6) is 0 Å². The number of hydrogen-bond acceptors (Lipinski definition) is 4. The number of para-hydroxylation sites is 1. The zero-order valence-corrected chi connectivity index (χ0v) is 18.3. The molecule has 0 bridgehead atoms. The van der Waals surface area contributed by atoms with E-state index in [1.54, 1.807) is 24.4 Å². The largest absolute Gasteiger partial charge is 0.340 e. The number of aryl methyl sites for hydroxylation is 2. The molecule has 0 spiro atoms. The van der Waals surface area contributed by atoms with E-state index < -0.39 is 0 Å². The van der Waals surface area contributed by atoms with Crippen LogP contribution < -0.4 is 5.43 Å². The number of rotatable bonds is 5. The van der Waals surface area contributed by atoms with Gasteiger partial charge in [0.1, 0.15) is 10.3 Å². The van der Waals surface area contributed by atoms with Crippen LogP contribution in [0.3, 0.4) is 0 Å². The van der Waals surface area contributed by atoms with Crippen molar-refractivity contribution in [3.8, 4) is 0 Å². The molecule has 0 saturated heterocycles. The van der Waals surface area contributed by atoms with Gasteiger partial charge in [-0.2, -0.15) is 0 Å². The Kier molecular flexibility index (Phi) is 5.59. The van der Waals surface area contributed by atoms with Gasteiger partial charge in [0.2, 0.25) is 11.2 Å². The first-order valence-corrected chi connectivity index (χ1v) is 10.5. The van der Waals surface area contributed by atoms with Gasteiger partial charge in [-0.15, -0.1) is 0 Å². The molecule has 0 radical (unpaired) electrons. The number of nitrogens with zero attached hydrogens (tertiary/aromatic N) is 3. The molecule has 0 atom stereocenters. The van der Waals surface area contributed by atoms with Crippen LogP contribution >= 0.6 is 15.9 Å². The van der Waals surface area contributed by atoms with Crippen molar-refractivity contribution < 1.29 is 4.79 Å². The molecular formula is C24H20BrN3O2. The smallest absolute Gasteiger partial charge is 0.216 e. The number of carbonyl (C=O) groups is 1. The molecule has 0 aliphatic rings. The summed E-state index contributed by atoms with van der Waals surface area (Å²) >= 11 is 3.39. The van der Waals surface area contributed by atoms with Gasteiger partial charge in [-0.1, -0.05) is 31.2 Å². The zero-order valence-electron chi connectivity index (χ0n) is 16.7. The van der Waals surface area contributed by atoms with Gasteiger partial charge < -0.3 is 4.57 Å². The van der Waals surface area contributed by atoms with E-state index in [2.05, 4.69) is 25.9 Å². The molecule has 3 heterocycles. The van der Waals surface area contributed by atoms with E-state index in [1.807, 2.05) is 54.8 Å². The summed E-state index contributed by atoms with van der Waals surface area (Å²) in [5, 5.41) is 0.501. The van der Waals surface area contributed by atoms with Gasteiger partial charge in [-0.05, 0) is 65.2 Å². The number of aromatic nitrogens is 3. The van der Waals surface area contributed by atoms with Gasteiger partial charge in [0.25, 0.3) is 0 Å². The van der Waals surface area contributed by atoms with Crippen molar-refractivity contribution in [1.29, 1.82) is 0 Å². The van der Waals surface area contributed by atoms with Gasteiger partial charge >= 0.3 is 0 Å². The average molecular weight is 462 g/mol. The molecule has 0 fully saturated rings. The Bertz CT molecular complexity index is 1330. The number of fused-ring (bicyclic) bond motifs is 1. The van der Waals surface area contributed by atoms with Gasteiger partial charge in [0.05, 0.1) is 23.3 Å². The highest BCUT2D eigenvalue weighted by molar-refractivity contribution is 9.10. The Morgan fingerprint density at radius 1 is 1.03 bits per heavy atom.